The first kappa shape index (κ1) is 14.9. The lowest BCUT2D eigenvalue weighted by Gasteiger charge is -2.10. The van der Waals surface area contributed by atoms with Crippen molar-refractivity contribution >= 4 is 34.8 Å². The van der Waals surface area contributed by atoms with E-state index in [9.17, 15) is 4.79 Å². The Bertz CT molecular complexity index is 597. The molecule has 20 heavy (non-hydrogen) atoms. The second kappa shape index (κ2) is 6.29. The van der Waals surface area contributed by atoms with Crippen molar-refractivity contribution in [2.75, 3.05) is 5.32 Å². The van der Waals surface area contributed by atoms with Crippen molar-refractivity contribution in [3.05, 3.63) is 63.1 Å². The third-order valence-corrected chi connectivity index (χ3v) is 3.61. The molecule has 0 bridgehead atoms. The number of amides is 1. The molecule has 0 atom stereocenters. The Morgan fingerprint density at radius 3 is 2.50 bits per heavy atom. The molecule has 2 nitrogen and oxygen atoms in total. The van der Waals surface area contributed by atoms with Crippen LogP contribution in [0.1, 0.15) is 16.7 Å². The molecule has 1 amide bonds. The molecule has 2 rings (SSSR count). The van der Waals surface area contributed by atoms with Crippen LogP contribution in [0.25, 0.3) is 0 Å². The molecule has 0 saturated carbocycles. The van der Waals surface area contributed by atoms with Crippen molar-refractivity contribution in [1.82, 2.24) is 0 Å². The molecule has 0 saturated heterocycles. The molecule has 0 aliphatic heterocycles. The van der Waals surface area contributed by atoms with Gasteiger partial charge in [-0.05, 0) is 43.2 Å². The molecule has 0 aromatic heterocycles. The van der Waals surface area contributed by atoms with Crippen LogP contribution in [0.3, 0.4) is 0 Å². The average Bonchev–Trinajstić information content (AvgIpc) is 2.36. The number of benzene rings is 2. The first-order valence-electron chi connectivity index (χ1n) is 6.27. The summed E-state index contributed by atoms with van der Waals surface area (Å²) in [6.07, 6.45) is 0.226. The summed E-state index contributed by atoms with van der Waals surface area (Å²) in [5.41, 5.74) is 3.80. The van der Waals surface area contributed by atoms with Gasteiger partial charge >= 0.3 is 0 Å². The topological polar surface area (TPSA) is 29.1 Å². The van der Waals surface area contributed by atoms with Crippen LogP contribution in [-0.4, -0.2) is 5.91 Å². The number of carbonyl (C=O) groups excluding carboxylic acids is 1. The minimum absolute atomic E-state index is 0.0961. The lowest BCUT2D eigenvalue weighted by molar-refractivity contribution is -0.115. The Morgan fingerprint density at radius 2 is 1.85 bits per heavy atom. The van der Waals surface area contributed by atoms with Crippen molar-refractivity contribution in [3.63, 3.8) is 0 Å². The van der Waals surface area contributed by atoms with Crippen LogP contribution < -0.4 is 5.32 Å². The smallest absolute Gasteiger partial charge is 0.228 e. The van der Waals surface area contributed by atoms with Gasteiger partial charge in [-0.3, -0.25) is 4.79 Å². The minimum Gasteiger partial charge on any atom is -0.326 e. The molecule has 1 N–H and O–H groups in total. The van der Waals surface area contributed by atoms with E-state index in [0.717, 1.165) is 16.8 Å². The van der Waals surface area contributed by atoms with E-state index in [1.165, 1.54) is 5.56 Å². The molecular formula is C16H15Cl2NO. The van der Waals surface area contributed by atoms with Crippen molar-refractivity contribution in [2.24, 2.45) is 0 Å². The number of carbonyl (C=O) groups is 1. The lowest BCUT2D eigenvalue weighted by Crippen LogP contribution is -2.15. The fraction of sp³-hybridized carbons (Fsp3) is 0.188. The quantitative estimate of drug-likeness (QED) is 0.867. The number of anilines is 1. The highest BCUT2D eigenvalue weighted by Gasteiger charge is 2.09. The summed E-state index contributed by atoms with van der Waals surface area (Å²) < 4.78 is 0. The van der Waals surface area contributed by atoms with Gasteiger partial charge < -0.3 is 5.32 Å². The second-order valence-electron chi connectivity index (χ2n) is 4.78. The highest BCUT2D eigenvalue weighted by atomic mass is 35.5. The Labute approximate surface area is 128 Å². The number of hydrogen-bond acceptors (Lipinski definition) is 1. The third-order valence-electron chi connectivity index (χ3n) is 3.02. The standard InChI is InChI=1S/C16H15Cl2NO/c1-10-3-6-15(11(2)7-10)19-16(20)8-12-4-5-13(17)9-14(12)18/h3-7,9H,8H2,1-2H3,(H,19,20). The van der Waals surface area contributed by atoms with E-state index in [1.807, 2.05) is 32.0 Å². The van der Waals surface area contributed by atoms with E-state index in [1.54, 1.807) is 18.2 Å². The van der Waals surface area contributed by atoms with Gasteiger partial charge in [-0.2, -0.15) is 0 Å². The number of aryl methyl sites for hydroxylation is 2. The van der Waals surface area contributed by atoms with Gasteiger partial charge in [0.05, 0.1) is 6.42 Å². The minimum atomic E-state index is -0.0961. The number of hydrogen-bond donors (Lipinski definition) is 1. The van der Waals surface area contributed by atoms with Gasteiger partial charge in [0.1, 0.15) is 0 Å². The Balaban J connectivity index is 2.09. The van der Waals surface area contributed by atoms with Crippen molar-refractivity contribution in [3.8, 4) is 0 Å². The highest BCUT2D eigenvalue weighted by molar-refractivity contribution is 6.35. The van der Waals surface area contributed by atoms with Gasteiger partial charge in [0.2, 0.25) is 5.91 Å². The molecule has 2 aromatic carbocycles. The van der Waals surface area contributed by atoms with E-state index in [-0.39, 0.29) is 12.3 Å². The molecule has 2 aromatic rings. The molecule has 0 aliphatic rings. The first-order valence-corrected chi connectivity index (χ1v) is 7.02. The number of nitrogens with one attached hydrogen (secondary N) is 1. The average molecular weight is 308 g/mol. The normalized spacial score (nSPS) is 10.4. The van der Waals surface area contributed by atoms with E-state index in [2.05, 4.69) is 5.32 Å². The maximum Gasteiger partial charge on any atom is 0.228 e. The fourth-order valence-corrected chi connectivity index (χ4v) is 2.46. The summed E-state index contributed by atoms with van der Waals surface area (Å²) in [5, 5.41) is 3.97. The third kappa shape index (κ3) is 3.75. The van der Waals surface area contributed by atoms with Crippen molar-refractivity contribution in [2.45, 2.75) is 20.3 Å². The van der Waals surface area contributed by atoms with Gasteiger partial charge in [0, 0.05) is 15.7 Å². The van der Waals surface area contributed by atoms with Crippen molar-refractivity contribution in [1.29, 1.82) is 0 Å². The predicted octanol–water partition coefficient (Wildman–Crippen LogP) is 4.79. The molecule has 104 valence electrons. The molecule has 0 radical (unpaired) electrons. The largest absolute Gasteiger partial charge is 0.326 e. The molecule has 0 fully saturated rings. The fourth-order valence-electron chi connectivity index (χ4n) is 1.99. The van der Waals surface area contributed by atoms with Crippen LogP contribution in [-0.2, 0) is 11.2 Å². The van der Waals surface area contributed by atoms with Crippen LogP contribution in [0, 0.1) is 13.8 Å². The summed E-state index contributed by atoms with van der Waals surface area (Å²) in [6, 6.07) is 11.1. The molecule has 0 aliphatic carbocycles. The number of rotatable bonds is 3. The van der Waals surface area contributed by atoms with Crippen LogP contribution in [0.5, 0.6) is 0 Å². The lowest BCUT2D eigenvalue weighted by atomic mass is 10.1. The Hall–Kier alpha value is -1.51. The van der Waals surface area contributed by atoms with Crippen LogP contribution in [0.15, 0.2) is 36.4 Å². The second-order valence-corrected chi connectivity index (χ2v) is 5.62. The van der Waals surface area contributed by atoms with Crippen molar-refractivity contribution < 1.29 is 4.79 Å². The highest BCUT2D eigenvalue weighted by Crippen LogP contribution is 2.22. The summed E-state index contributed by atoms with van der Waals surface area (Å²) in [6.45, 7) is 3.99. The Morgan fingerprint density at radius 1 is 1.10 bits per heavy atom. The summed E-state index contributed by atoms with van der Waals surface area (Å²) >= 11 is 11.9. The van der Waals surface area contributed by atoms with Gasteiger partial charge in [0.25, 0.3) is 0 Å². The maximum atomic E-state index is 12.1. The number of halogens is 2. The molecule has 0 heterocycles. The summed E-state index contributed by atoms with van der Waals surface area (Å²) in [7, 11) is 0. The zero-order chi connectivity index (χ0) is 14.7. The zero-order valence-corrected chi connectivity index (χ0v) is 12.8. The maximum absolute atomic E-state index is 12.1. The van der Waals surface area contributed by atoms with Crippen LogP contribution in [0.4, 0.5) is 5.69 Å². The van der Waals surface area contributed by atoms with Gasteiger partial charge in [-0.25, -0.2) is 0 Å². The first-order chi connectivity index (χ1) is 9.45. The molecule has 0 unspecified atom stereocenters. The molecule has 4 heteroatoms. The van der Waals surface area contributed by atoms with E-state index in [0.29, 0.717) is 10.0 Å². The van der Waals surface area contributed by atoms with E-state index < -0.39 is 0 Å². The van der Waals surface area contributed by atoms with Crippen LogP contribution in [0.2, 0.25) is 10.0 Å². The molecular weight excluding hydrogens is 293 g/mol. The van der Waals surface area contributed by atoms with E-state index >= 15 is 0 Å². The van der Waals surface area contributed by atoms with E-state index in [4.69, 9.17) is 23.2 Å². The zero-order valence-electron chi connectivity index (χ0n) is 11.3. The van der Waals surface area contributed by atoms with Gasteiger partial charge in [-0.1, -0.05) is 47.0 Å². The molecule has 0 spiro atoms. The van der Waals surface area contributed by atoms with Crippen LogP contribution >= 0.6 is 23.2 Å². The summed E-state index contributed by atoms with van der Waals surface area (Å²) in [5.74, 6) is -0.0961. The predicted molar refractivity (Wildman–Crippen MR) is 84.7 cm³/mol. The van der Waals surface area contributed by atoms with Gasteiger partial charge in [-0.15, -0.1) is 0 Å². The summed E-state index contributed by atoms with van der Waals surface area (Å²) in [4.78, 5) is 12.1. The SMILES string of the molecule is Cc1ccc(NC(=O)Cc2ccc(Cl)cc2Cl)c(C)c1. The van der Waals surface area contributed by atoms with Gasteiger partial charge in [0.15, 0.2) is 0 Å². The monoisotopic (exact) mass is 307 g/mol. The Kier molecular flexibility index (Phi) is 4.69.